The topological polar surface area (TPSA) is 26.3 Å². The third-order valence-electron chi connectivity index (χ3n) is 9.78. The Morgan fingerprint density at radius 1 is 1.10 bits per heavy atom. The van der Waals surface area contributed by atoms with Crippen LogP contribution in [0.1, 0.15) is 66.7 Å². The molecular weight excluding hydrogens is 260 g/mol. The summed E-state index contributed by atoms with van der Waals surface area (Å²) in [4.78, 5) is 11.7. The Bertz CT molecular complexity index is 584. The summed E-state index contributed by atoms with van der Waals surface area (Å²) in [6.07, 6.45) is 6.46. The van der Waals surface area contributed by atoms with Crippen LogP contribution in [0.2, 0.25) is 0 Å². The number of carbonyl (C=O) groups excluding carboxylic acids is 1. The van der Waals surface area contributed by atoms with Gasteiger partial charge in [0, 0.05) is 12.3 Å². The SMILES string of the molecule is CC(=O)OC1(C)CCC23CC(C)C4(C)C5CC1(C2)C3C54C. The van der Waals surface area contributed by atoms with Gasteiger partial charge in [-0.25, -0.2) is 0 Å². The molecule has 6 aliphatic rings. The molecule has 0 N–H and O–H groups in total. The van der Waals surface area contributed by atoms with E-state index < -0.39 is 0 Å². The van der Waals surface area contributed by atoms with Crippen molar-refractivity contribution in [1.82, 2.24) is 0 Å². The van der Waals surface area contributed by atoms with Crippen molar-refractivity contribution in [2.45, 2.75) is 72.3 Å². The van der Waals surface area contributed by atoms with Crippen molar-refractivity contribution in [2.75, 3.05) is 0 Å². The van der Waals surface area contributed by atoms with E-state index in [4.69, 9.17) is 4.74 Å². The molecule has 6 saturated carbocycles. The third-order valence-corrected chi connectivity index (χ3v) is 9.78. The molecule has 0 heterocycles. The molecule has 116 valence electrons. The standard InChI is InChI=1S/C19H28O2/c1-11-8-18-7-6-15(3,21-12(2)20)19(10-18)9-13-16(11,4)17(13,5)14(18)19/h11,13-14H,6-10H2,1-5H3. The number of fused-ring (bicyclic) bond motifs is 3. The van der Waals surface area contributed by atoms with Gasteiger partial charge in [-0.05, 0) is 73.0 Å². The van der Waals surface area contributed by atoms with Gasteiger partial charge in [0.25, 0.3) is 0 Å². The maximum absolute atomic E-state index is 11.7. The van der Waals surface area contributed by atoms with Crippen molar-refractivity contribution < 1.29 is 9.53 Å². The molecule has 2 heteroatoms. The second-order valence-electron chi connectivity index (χ2n) is 9.88. The Hall–Kier alpha value is -0.530. The largest absolute Gasteiger partial charge is 0.459 e. The van der Waals surface area contributed by atoms with E-state index in [0.29, 0.717) is 21.7 Å². The lowest BCUT2D eigenvalue weighted by molar-refractivity contribution is -0.313. The minimum Gasteiger partial charge on any atom is -0.459 e. The number of hydrogen-bond acceptors (Lipinski definition) is 2. The third kappa shape index (κ3) is 0.941. The maximum Gasteiger partial charge on any atom is 0.303 e. The molecule has 2 nitrogen and oxygen atoms in total. The van der Waals surface area contributed by atoms with Crippen molar-refractivity contribution in [2.24, 2.45) is 39.4 Å². The minimum absolute atomic E-state index is 0.0797. The van der Waals surface area contributed by atoms with Crippen molar-refractivity contribution in [3.05, 3.63) is 0 Å². The van der Waals surface area contributed by atoms with Crippen LogP contribution in [0, 0.1) is 39.4 Å². The minimum atomic E-state index is -0.191. The zero-order valence-corrected chi connectivity index (χ0v) is 14.1. The van der Waals surface area contributed by atoms with Crippen LogP contribution >= 0.6 is 0 Å². The molecule has 0 saturated heterocycles. The molecule has 0 aromatic carbocycles. The second kappa shape index (κ2) is 2.95. The highest BCUT2D eigenvalue weighted by molar-refractivity contribution is 5.67. The summed E-state index contributed by atoms with van der Waals surface area (Å²) in [5, 5.41) is 0. The van der Waals surface area contributed by atoms with Crippen LogP contribution < -0.4 is 0 Å². The van der Waals surface area contributed by atoms with Gasteiger partial charge in [0.05, 0.1) is 0 Å². The number of rotatable bonds is 1. The highest BCUT2D eigenvalue weighted by Gasteiger charge is 2.94. The van der Waals surface area contributed by atoms with Gasteiger partial charge in [-0.3, -0.25) is 4.79 Å². The van der Waals surface area contributed by atoms with Crippen molar-refractivity contribution in [3.63, 3.8) is 0 Å². The summed E-state index contributed by atoms with van der Waals surface area (Å²) in [5.41, 5.74) is 1.82. The molecule has 6 aliphatic carbocycles. The first-order valence-corrected chi connectivity index (χ1v) is 8.86. The molecule has 2 bridgehead atoms. The normalized spacial score (nSPS) is 68.9. The van der Waals surface area contributed by atoms with Crippen LogP contribution in [-0.2, 0) is 9.53 Å². The summed E-state index contributed by atoms with van der Waals surface area (Å²) in [6.45, 7) is 11.5. The molecule has 0 aliphatic heterocycles. The zero-order chi connectivity index (χ0) is 15.1. The Labute approximate surface area is 128 Å². The first kappa shape index (κ1) is 13.0. The van der Waals surface area contributed by atoms with Gasteiger partial charge in [0.2, 0.25) is 0 Å². The average Bonchev–Trinajstić information content (AvgIpc) is 2.68. The molecule has 0 amide bonds. The monoisotopic (exact) mass is 288 g/mol. The molecule has 0 aromatic rings. The quantitative estimate of drug-likeness (QED) is 0.677. The number of hydrogen-bond donors (Lipinski definition) is 0. The predicted octanol–water partition coefficient (Wildman–Crippen LogP) is 4.18. The Morgan fingerprint density at radius 3 is 2.48 bits per heavy atom. The maximum atomic E-state index is 11.7. The molecule has 21 heavy (non-hydrogen) atoms. The van der Waals surface area contributed by atoms with Crippen molar-refractivity contribution in [3.8, 4) is 0 Å². The van der Waals surface area contributed by atoms with Gasteiger partial charge in [-0.15, -0.1) is 0 Å². The van der Waals surface area contributed by atoms with Gasteiger partial charge in [0.15, 0.2) is 0 Å². The Kier molecular flexibility index (Phi) is 1.82. The summed E-state index contributed by atoms with van der Waals surface area (Å²) in [7, 11) is 0. The van der Waals surface area contributed by atoms with Gasteiger partial charge < -0.3 is 4.74 Å². The molecule has 0 aromatic heterocycles. The van der Waals surface area contributed by atoms with E-state index in [-0.39, 0.29) is 11.6 Å². The summed E-state index contributed by atoms with van der Waals surface area (Å²) in [5.74, 6) is 2.49. The molecule has 8 atom stereocenters. The van der Waals surface area contributed by atoms with Gasteiger partial charge in [-0.1, -0.05) is 20.8 Å². The van der Waals surface area contributed by atoms with E-state index >= 15 is 0 Å². The van der Waals surface area contributed by atoms with Crippen molar-refractivity contribution >= 4 is 5.97 Å². The molecule has 0 radical (unpaired) electrons. The van der Waals surface area contributed by atoms with Crippen molar-refractivity contribution in [1.29, 1.82) is 0 Å². The van der Waals surface area contributed by atoms with Crippen LogP contribution in [0.25, 0.3) is 0 Å². The smallest absolute Gasteiger partial charge is 0.303 e. The van der Waals surface area contributed by atoms with Gasteiger partial charge in [0.1, 0.15) is 5.60 Å². The highest BCUT2D eigenvalue weighted by Crippen LogP contribution is 2.98. The summed E-state index contributed by atoms with van der Waals surface area (Å²) in [6, 6.07) is 0. The van der Waals surface area contributed by atoms with E-state index in [0.717, 1.165) is 24.2 Å². The van der Waals surface area contributed by atoms with Crippen LogP contribution in [0.5, 0.6) is 0 Å². The van der Waals surface area contributed by atoms with Gasteiger partial charge >= 0.3 is 5.97 Å². The lowest BCUT2D eigenvalue weighted by atomic mass is 9.29. The fourth-order valence-electron chi connectivity index (χ4n) is 9.09. The fourth-order valence-corrected chi connectivity index (χ4v) is 9.09. The molecule has 6 fully saturated rings. The highest BCUT2D eigenvalue weighted by atomic mass is 16.6. The predicted molar refractivity (Wildman–Crippen MR) is 80.5 cm³/mol. The van der Waals surface area contributed by atoms with E-state index in [2.05, 4.69) is 27.7 Å². The second-order valence-corrected chi connectivity index (χ2v) is 9.88. The van der Waals surface area contributed by atoms with Crippen LogP contribution in [0.3, 0.4) is 0 Å². The zero-order valence-electron chi connectivity index (χ0n) is 14.1. The van der Waals surface area contributed by atoms with Crippen LogP contribution in [-0.4, -0.2) is 11.6 Å². The number of esters is 1. The lowest BCUT2D eigenvalue weighted by Crippen LogP contribution is -2.74. The Morgan fingerprint density at radius 2 is 1.81 bits per heavy atom. The average molecular weight is 288 g/mol. The van der Waals surface area contributed by atoms with E-state index in [1.807, 2.05) is 0 Å². The molecule has 8 unspecified atom stereocenters. The first-order chi connectivity index (χ1) is 9.66. The van der Waals surface area contributed by atoms with Crippen LogP contribution in [0.15, 0.2) is 0 Å². The number of ether oxygens (including phenoxy) is 1. The van der Waals surface area contributed by atoms with E-state index in [1.54, 1.807) is 6.92 Å². The van der Waals surface area contributed by atoms with E-state index in [9.17, 15) is 4.79 Å². The summed E-state index contributed by atoms with van der Waals surface area (Å²) >= 11 is 0. The molecule has 2 spiro atoms. The van der Waals surface area contributed by atoms with E-state index in [1.165, 1.54) is 25.7 Å². The molecular formula is C19H28O2. The van der Waals surface area contributed by atoms with Crippen LogP contribution in [0.4, 0.5) is 0 Å². The first-order valence-electron chi connectivity index (χ1n) is 8.86. The lowest BCUT2D eigenvalue weighted by Gasteiger charge is -2.76. The van der Waals surface area contributed by atoms with Gasteiger partial charge in [-0.2, -0.15) is 0 Å². The molecule has 6 rings (SSSR count). The Balaban J connectivity index is 1.64. The number of carbonyl (C=O) groups is 1. The summed E-state index contributed by atoms with van der Waals surface area (Å²) < 4.78 is 5.97. The fraction of sp³-hybridized carbons (Fsp3) is 0.947.